The number of nitro benzene ring substituents is 1. The van der Waals surface area contributed by atoms with E-state index in [4.69, 9.17) is 15.9 Å². The molecule has 0 heterocycles. The number of halogens is 1. The second-order valence-corrected chi connectivity index (χ2v) is 3.85. The fourth-order valence-electron chi connectivity index (χ4n) is 0.985. The van der Waals surface area contributed by atoms with Gasteiger partial charge in [0.1, 0.15) is 16.1 Å². The standard InChI is InChI=1S/C9H10BrN3O3/c1-5(9(11)12)16-7-4-2-3-6(8(7)10)13(14)15/h2-5H,1H3,(H3,11,12). The van der Waals surface area contributed by atoms with Crippen molar-refractivity contribution in [2.45, 2.75) is 13.0 Å². The van der Waals surface area contributed by atoms with Crippen molar-refractivity contribution in [2.75, 3.05) is 0 Å². The van der Waals surface area contributed by atoms with Crippen LogP contribution in [0.4, 0.5) is 5.69 Å². The molecule has 0 bridgehead atoms. The number of benzene rings is 1. The van der Waals surface area contributed by atoms with Gasteiger partial charge in [-0.25, -0.2) is 0 Å². The molecule has 0 aromatic heterocycles. The van der Waals surface area contributed by atoms with Crippen LogP contribution in [0.2, 0.25) is 0 Å². The molecular weight excluding hydrogens is 278 g/mol. The number of hydrogen-bond donors (Lipinski definition) is 2. The van der Waals surface area contributed by atoms with Crippen LogP contribution in [-0.4, -0.2) is 16.9 Å². The molecule has 0 fully saturated rings. The SMILES string of the molecule is CC(Oc1cccc([N+](=O)[O-])c1Br)C(=N)N. The molecule has 0 saturated heterocycles. The average molecular weight is 288 g/mol. The molecule has 0 aliphatic carbocycles. The van der Waals surface area contributed by atoms with Gasteiger partial charge in [-0.15, -0.1) is 0 Å². The van der Waals surface area contributed by atoms with Crippen molar-refractivity contribution >= 4 is 27.5 Å². The van der Waals surface area contributed by atoms with E-state index in [1.807, 2.05) is 0 Å². The summed E-state index contributed by atoms with van der Waals surface area (Å²) in [5, 5.41) is 17.8. The van der Waals surface area contributed by atoms with E-state index in [1.54, 1.807) is 13.0 Å². The summed E-state index contributed by atoms with van der Waals surface area (Å²) in [4.78, 5) is 10.1. The number of hydrogen-bond acceptors (Lipinski definition) is 4. The molecule has 0 aliphatic rings. The molecule has 1 aromatic rings. The normalized spacial score (nSPS) is 11.9. The Labute approximate surface area is 100 Å². The highest BCUT2D eigenvalue weighted by molar-refractivity contribution is 9.10. The first kappa shape index (κ1) is 12.4. The highest BCUT2D eigenvalue weighted by Crippen LogP contribution is 2.34. The maximum atomic E-state index is 10.6. The number of rotatable bonds is 4. The Morgan fingerprint density at radius 1 is 1.69 bits per heavy atom. The fraction of sp³-hybridized carbons (Fsp3) is 0.222. The summed E-state index contributed by atoms with van der Waals surface area (Å²) < 4.78 is 5.54. The lowest BCUT2D eigenvalue weighted by Gasteiger charge is -2.13. The van der Waals surface area contributed by atoms with Gasteiger partial charge in [-0.3, -0.25) is 15.5 Å². The van der Waals surface area contributed by atoms with Crippen LogP contribution in [0.1, 0.15) is 6.92 Å². The van der Waals surface area contributed by atoms with Crippen LogP contribution >= 0.6 is 15.9 Å². The van der Waals surface area contributed by atoms with Crippen LogP contribution in [0.3, 0.4) is 0 Å². The third-order valence-electron chi connectivity index (χ3n) is 1.88. The summed E-state index contributed by atoms with van der Waals surface area (Å²) in [6.45, 7) is 1.59. The van der Waals surface area contributed by atoms with Crippen molar-refractivity contribution < 1.29 is 9.66 Å². The molecule has 0 amide bonds. The summed E-state index contributed by atoms with van der Waals surface area (Å²) in [7, 11) is 0. The monoisotopic (exact) mass is 287 g/mol. The zero-order chi connectivity index (χ0) is 12.3. The Morgan fingerprint density at radius 2 is 2.31 bits per heavy atom. The van der Waals surface area contributed by atoms with Crippen molar-refractivity contribution in [3.8, 4) is 5.75 Å². The van der Waals surface area contributed by atoms with Gasteiger partial charge >= 0.3 is 0 Å². The minimum absolute atomic E-state index is 0.0896. The van der Waals surface area contributed by atoms with Crippen LogP contribution in [-0.2, 0) is 0 Å². The molecule has 0 spiro atoms. The predicted octanol–water partition coefficient (Wildman–Crippen LogP) is 2.06. The van der Waals surface area contributed by atoms with Crippen molar-refractivity contribution in [2.24, 2.45) is 5.73 Å². The summed E-state index contributed by atoms with van der Waals surface area (Å²) in [6, 6.07) is 4.43. The number of nitro groups is 1. The molecule has 3 N–H and O–H groups in total. The van der Waals surface area contributed by atoms with Gasteiger partial charge in [0.05, 0.1) is 4.92 Å². The first-order valence-corrected chi connectivity index (χ1v) is 5.16. The quantitative estimate of drug-likeness (QED) is 0.383. The number of nitrogens with one attached hydrogen (secondary N) is 1. The smallest absolute Gasteiger partial charge is 0.287 e. The lowest BCUT2D eigenvalue weighted by atomic mass is 10.3. The van der Waals surface area contributed by atoms with E-state index in [-0.39, 0.29) is 21.7 Å². The summed E-state index contributed by atoms with van der Waals surface area (Å²) in [5.74, 6) is 0.148. The highest BCUT2D eigenvalue weighted by Gasteiger charge is 2.18. The van der Waals surface area contributed by atoms with E-state index in [0.717, 1.165) is 0 Å². The predicted molar refractivity (Wildman–Crippen MR) is 62.8 cm³/mol. The second kappa shape index (κ2) is 4.93. The largest absolute Gasteiger partial charge is 0.481 e. The van der Waals surface area contributed by atoms with E-state index < -0.39 is 11.0 Å². The highest BCUT2D eigenvalue weighted by atomic mass is 79.9. The molecule has 1 unspecified atom stereocenters. The number of nitrogens with zero attached hydrogens (tertiary/aromatic N) is 1. The molecule has 7 heteroatoms. The van der Waals surface area contributed by atoms with E-state index in [1.165, 1.54) is 12.1 Å². The Kier molecular flexibility index (Phi) is 3.83. The molecular formula is C9H10BrN3O3. The third kappa shape index (κ3) is 2.69. The topological polar surface area (TPSA) is 102 Å². The first-order chi connectivity index (χ1) is 7.43. The zero-order valence-electron chi connectivity index (χ0n) is 8.44. The average Bonchev–Trinajstić information content (AvgIpc) is 2.20. The van der Waals surface area contributed by atoms with E-state index >= 15 is 0 Å². The molecule has 6 nitrogen and oxygen atoms in total. The zero-order valence-corrected chi connectivity index (χ0v) is 10.0. The summed E-state index contributed by atoms with van der Waals surface area (Å²) in [5.41, 5.74) is 5.15. The van der Waals surface area contributed by atoms with Gasteiger partial charge < -0.3 is 10.5 Å². The van der Waals surface area contributed by atoms with Crippen LogP contribution in [0.5, 0.6) is 5.75 Å². The van der Waals surface area contributed by atoms with Crippen molar-refractivity contribution in [3.05, 3.63) is 32.8 Å². The number of amidine groups is 1. The van der Waals surface area contributed by atoms with Gasteiger partial charge in [0.15, 0.2) is 6.10 Å². The van der Waals surface area contributed by atoms with Gasteiger partial charge in [-0.1, -0.05) is 6.07 Å². The molecule has 1 aromatic carbocycles. The second-order valence-electron chi connectivity index (χ2n) is 3.06. The van der Waals surface area contributed by atoms with E-state index in [2.05, 4.69) is 15.9 Å². The van der Waals surface area contributed by atoms with Crippen LogP contribution in [0.15, 0.2) is 22.7 Å². The third-order valence-corrected chi connectivity index (χ3v) is 2.68. The van der Waals surface area contributed by atoms with Gasteiger partial charge in [0.2, 0.25) is 0 Å². The number of ether oxygens (including phenoxy) is 1. The maximum absolute atomic E-state index is 10.6. The number of nitrogens with two attached hydrogens (primary N) is 1. The summed E-state index contributed by atoms with van der Waals surface area (Å²) in [6.07, 6.45) is -0.627. The van der Waals surface area contributed by atoms with E-state index in [0.29, 0.717) is 0 Å². The summed E-state index contributed by atoms with van der Waals surface area (Å²) >= 11 is 3.08. The van der Waals surface area contributed by atoms with Crippen molar-refractivity contribution in [3.63, 3.8) is 0 Å². The van der Waals surface area contributed by atoms with Gasteiger partial charge in [0, 0.05) is 6.07 Å². The molecule has 0 aliphatic heterocycles. The lowest BCUT2D eigenvalue weighted by molar-refractivity contribution is -0.385. The van der Waals surface area contributed by atoms with Crippen LogP contribution in [0, 0.1) is 15.5 Å². The Hall–Kier alpha value is -1.63. The Balaban J connectivity index is 3.02. The molecule has 1 rings (SSSR count). The lowest BCUT2D eigenvalue weighted by Crippen LogP contribution is -2.30. The van der Waals surface area contributed by atoms with Crippen molar-refractivity contribution in [1.29, 1.82) is 5.41 Å². The minimum atomic E-state index is -0.627. The molecule has 0 radical (unpaired) electrons. The molecule has 1 atom stereocenters. The Bertz CT molecular complexity index is 436. The molecule has 86 valence electrons. The van der Waals surface area contributed by atoms with Gasteiger partial charge in [-0.05, 0) is 28.9 Å². The van der Waals surface area contributed by atoms with E-state index in [9.17, 15) is 10.1 Å². The van der Waals surface area contributed by atoms with Crippen LogP contribution in [0.25, 0.3) is 0 Å². The first-order valence-electron chi connectivity index (χ1n) is 4.37. The Morgan fingerprint density at radius 3 is 2.81 bits per heavy atom. The maximum Gasteiger partial charge on any atom is 0.287 e. The molecule has 16 heavy (non-hydrogen) atoms. The fourth-order valence-corrected chi connectivity index (χ4v) is 1.49. The molecule has 0 saturated carbocycles. The van der Waals surface area contributed by atoms with Crippen molar-refractivity contribution in [1.82, 2.24) is 0 Å². The van der Waals surface area contributed by atoms with Gasteiger partial charge in [0.25, 0.3) is 5.69 Å². The van der Waals surface area contributed by atoms with Crippen LogP contribution < -0.4 is 10.5 Å². The van der Waals surface area contributed by atoms with Gasteiger partial charge in [-0.2, -0.15) is 0 Å². The minimum Gasteiger partial charge on any atom is -0.481 e.